The Kier molecular flexibility index (Phi) is 7.13. The Bertz CT molecular complexity index is 1010. The number of aryl methyl sites for hydroxylation is 1. The summed E-state index contributed by atoms with van der Waals surface area (Å²) in [6.07, 6.45) is 2.43. The summed E-state index contributed by atoms with van der Waals surface area (Å²) in [5, 5.41) is 4.71. The van der Waals surface area contributed by atoms with E-state index in [1.807, 2.05) is 18.2 Å². The monoisotopic (exact) mass is 457 g/mol. The highest BCUT2D eigenvalue weighted by atomic mass is 35.5. The van der Waals surface area contributed by atoms with Crippen LogP contribution in [0.5, 0.6) is 0 Å². The van der Waals surface area contributed by atoms with E-state index >= 15 is 0 Å². The summed E-state index contributed by atoms with van der Waals surface area (Å²) >= 11 is 8.02. The van der Waals surface area contributed by atoms with Gasteiger partial charge in [0.05, 0.1) is 12.3 Å². The standard InChI is InChI=1S/C24H28ClN3O2S/c1-3-19-16-20(24(31-19)26-23(29)21-9-6-14-30-21)22(17-7-5-8-18(25)15-17)28-12-10-27(4-2)11-13-28/h5-9,14-16,22H,3-4,10-13H2,1-2H3,(H,26,29)/t22-/m1/s1. The van der Waals surface area contributed by atoms with Gasteiger partial charge in [-0.2, -0.15) is 0 Å². The van der Waals surface area contributed by atoms with Gasteiger partial charge in [0, 0.05) is 41.6 Å². The molecule has 1 atom stereocenters. The van der Waals surface area contributed by atoms with Crippen LogP contribution < -0.4 is 5.32 Å². The number of carbonyl (C=O) groups is 1. The van der Waals surface area contributed by atoms with E-state index in [1.54, 1.807) is 23.5 Å². The van der Waals surface area contributed by atoms with Gasteiger partial charge in [0.15, 0.2) is 5.76 Å². The fourth-order valence-corrected chi connectivity index (χ4v) is 5.33. The summed E-state index contributed by atoms with van der Waals surface area (Å²) in [5.41, 5.74) is 2.26. The maximum absolute atomic E-state index is 12.8. The zero-order chi connectivity index (χ0) is 21.8. The van der Waals surface area contributed by atoms with Crippen molar-refractivity contribution in [1.82, 2.24) is 9.80 Å². The minimum absolute atomic E-state index is 0.0288. The van der Waals surface area contributed by atoms with Crippen molar-refractivity contribution in [3.63, 3.8) is 0 Å². The molecule has 4 rings (SSSR count). The molecule has 1 N–H and O–H groups in total. The van der Waals surface area contributed by atoms with Gasteiger partial charge in [-0.1, -0.05) is 37.6 Å². The smallest absolute Gasteiger partial charge is 0.291 e. The van der Waals surface area contributed by atoms with Gasteiger partial charge in [0.1, 0.15) is 5.00 Å². The SMILES string of the molecule is CCc1cc([C@@H](c2cccc(Cl)c2)N2CCN(CC)CC2)c(NC(=O)c2ccco2)s1. The van der Waals surface area contributed by atoms with Gasteiger partial charge in [0.25, 0.3) is 5.91 Å². The predicted molar refractivity (Wildman–Crippen MR) is 127 cm³/mol. The lowest BCUT2D eigenvalue weighted by Gasteiger charge is -2.39. The minimum atomic E-state index is -0.226. The number of carbonyl (C=O) groups excluding carboxylic acids is 1. The molecule has 1 aliphatic heterocycles. The van der Waals surface area contributed by atoms with Crippen molar-refractivity contribution in [2.45, 2.75) is 26.3 Å². The van der Waals surface area contributed by atoms with Crippen LogP contribution in [0.15, 0.2) is 53.1 Å². The molecule has 0 spiro atoms. The van der Waals surface area contributed by atoms with Gasteiger partial charge >= 0.3 is 0 Å². The molecular formula is C24H28ClN3O2S. The zero-order valence-corrected chi connectivity index (χ0v) is 19.5. The van der Waals surface area contributed by atoms with Crippen molar-refractivity contribution in [3.8, 4) is 0 Å². The Balaban J connectivity index is 1.72. The molecule has 1 aromatic carbocycles. The van der Waals surface area contributed by atoms with Gasteiger partial charge in [-0.3, -0.25) is 9.69 Å². The number of furan rings is 1. The topological polar surface area (TPSA) is 48.7 Å². The van der Waals surface area contributed by atoms with Crippen molar-refractivity contribution in [1.29, 1.82) is 0 Å². The largest absolute Gasteiger partial charge is 0.459 e. The third kappa shape index (κ3) is 5.04. The molecule has 1 aliphatic rings. The van der Waals surface area contributed by atoms with Gasteiger partial charge < -0.3 is 14.6 Å². The van der Waals surface area contributed by atoms with E-state index in [4.69, 9.17) is 16.0 Å². The number of piperazine rings is 1. The first-order valence-electron chi connectivity index (χ1n) is 10.8. The first kappa shape index (κ1) is 22.1. The Labute approximate surface area is 192 Å². The number of nitrogens with zero attached hydrogens (tertiary/aromatic N) is 2. The molecule has 0 unspecified atom stereocenters. The molecule has 2 aromatic heterocycles. The molecule has 3 aromatic rings. The number of thiophene rings is 1. The predicted octanol–water partition coefficient (Wildman–Crippen LogP) is 5.54. The molecule has 1 amide bonds. The molecule has 1 saturated heterocycles. The van der Waals surface area contributed by atoms with Gasteiger partial charge in [0.2, 0.25) is 0 Å². The van der Waals surface area contributed by atoms with Crippen LogP contribution in [0.3, 0.4) is 0 Å². The lowest BCUT2D eigenvalue weighted by atomic mass is 9.97. The molecule has 0 aliphatic carbocycles. The van der Waals surface area contributed by atoms with Crippen molar-refractivity contribution in [3.05, 3.63) is 75.5 Å². The minimum Gasteiger partial charge on any atom is -0.459 e. The first-order chi connectivity index (χ1) is 15.1. The van der Waals surface area contributed by atoms with Crippen molar-refractivity contribution in [2.24, 2.45) is 0 Å². The molecule has 31 heavy (non-hydrogen) atoms. The van der Waals surface area contributed by atoms with E-state index < -0.39 is 0 Å². The molecular weight excluding hydrogens is 430 g/mol. The fraction of sp³-hybridized carbons (Fsp3) is 0.375. The number of amides is 1. The average Bonchev–Trinajstić information content (AvgIpc) is 3.45. The van der Waals surface area contributed by atoms with Crippen molar-refractivity contribution in [2.75, 3.05) is 38.0 Å². The van der Waals surface area contributed by atoms with Crippen LogP contribution in [-0.2, 0) is 6.42 Å². The molecule has 0 bridgehead atoms. The maximum atomic E-state index is 12.8. The third-order valence-electron chi connectivity index (χ3n) is 5.81. The summed E-state index contributed by atoms with van der Waals surface area (Å²) in [5.74, 6) is 0.0877. The Morgan fingerprint density at radius 1 is 1.16 bits per heavy atom. The number of rotatable bonds is 7. The average molecular weight is 458 g/mol. The van der Waals surface area contributed by atoms with E-state index in [0.717, 1.165) is 60.3 Å². The van der Waals surface area contributed by atoms with Gasteiger partial charge in [-0.05, 0) is 48.9 Å². The second-order valence-corrected chi connectivity index (χ2v) is 9.28. The van der Waals surface area contributed by atoms with Gasteiger partial charge in [-0.15, -0.1) is 11.3 Å². The maximum Gasteiger partial charge on any atom is 0.291 e. The Morgan fingerprint density at radius 2 is 1.97 bits per heavy atom. The molecule has 7 heteroatoms. The number of halogens is 1. The van der Waals surface area contributed by atoms with E-state index in [-0.39, 0.29) is 11.9 Å². The molecule has 0 saturated carbocycles. The summed E-state index contributed by atoms with van der Waals surface area (Å²) in [7, 11) is 0. The number of hydrogen-bond acceptors (Lipinski definition) is 5. The highest BCUT2D eigenvalue weighted by molar-refractivity contribution is 7.16. The van der Waals surface area contributed by atoms with Crippen LogP contribution in [0.25, 0.3) is 0 Å². The number of nitrogens with one attached hydrogen (secondary N) is 1. The number of benzene rings is 1. The Morgan fingerprint density at radius 3 is 2.61 bits per heavy atom. The molecule has 0 radical (unpaired) electrons. The van der Waals surface area contributed by atoms with Crippen molar-refractivity contribution < 1.29 is 9.21 Å². The molecule has 1 fully saturated rings. The van der Waals surface area contributed by atoms with Gasteiger partial charge in [-0.25, -0.2) is 0 Å². The third-order valence-corrected chi connectivity index (χ3v) is 7.26. The zero-order valence-electron chi connectivity index (χ0n) is 17.9. The summed E-state index contributed by atoms with van der Waals surface area (Å²) in [4.78, 5) is 19.0. The number of anilines is 1. The van der Waals surface area contributed by atoms with Crippen LogP contribution in [0, 0.1) is 0 Å². The highest BCUT2D eigenvalue weighted by Crippen LogP contribution is 2.40. The lowest BCUT2D eigenvalue weighted by molar-refractivity contribution is 0.0995. The van der Waals surface area contributed by atoms with Crippen molar-refractivity contribution >= 4 is 33.8 Å². The number of hydrogen-bond donors (Lipinski definition) is 1. The Hall–Kier alpha value is -2.12. The van der Waals surface area contributed by atoms with E-state index in [2.05, 4.69) is 41.1 Å². The first-order valence-corrected chi connectivity index (χ1v) is 12.0. The van der Waals surface area contributed by atoms with Crippen LogP contribution >= 0.6 is 22.9 Å². The summed E-state index contributed by atoms with van der Waals surface area (Å²) in [6, 6.07) is 13.7. The normalized spacial score (nSPS) is 16.4. The van der Waals surface area contributed by atoms with Crippen LogP contribution in [0.4, 0.5) is 5.00 Å². The number of likely N-dealkylation sites (N-methyl/N-ethyl adjacent to an activating group) is 1. The highest BCUT2D eigenvalue weighted by Gasteiger charge is 2.30. The summed E-state index contributed by atoms with van der Waals surface area (Å²) < 4.78 is 5.30. The van der Waals surface area contributed by atoms with Crippen LogP contribution in [-0.4, -0.2) is 48.4 Å². The van der Waals surface area contributed by atoms with Crippen LogP contribution in [0.2, 0.25) is 5.02 Å². The molecule has 3 heterocycles. The molecule has 164 valence electrons. The van der Waals surface area contributed by atoms with Crippen LogP contribution in [0.1, 0.15) is 46.4 Å². The second kappa shape index (κ2) is 10.0. The summed E-state index contributed by atoms with van der Waals surface area (Å²) in [6.45, 7) is 9.42. The van der Waals surface area contributed by atoms with E-state index in [9.17, 15) is 4.79 Å². The quantitative estimate of drug-likeness (QED) is 0.506. The fourth-order valence-electron chi connectivity index (χ4n) is 4.11. The second-order valence-electron chi connectivity index (χ2n) is 7.71. The van der Waals surface area contributed by atoms with E-state index in [1.165, 1.54) is 11.1 Å². The van der Waals surface area contributed by atoms with E-state index in [0.29, 0.717) is 5.76 Å². The lowest BCUT2D eigenvalue weighted by Crippen LogP contribution is -2.47. The molecule has 5 nitrogen and oxygen atoms in total.